The molecule has 0 bridgehead atoms. The van der Waals surface area contributed by atoms with Gasteiger partial charge in [-0.15, -0.1) is 0 Å². The van der Waals surface area contributed by atoms with Gasteiger partial charge < -0.3 is 9.47 Å². The van der Waals surface area contributed by atoms with E-state index >= 15 is 0 Å². The van der Waals surface area contributed by atoms with E-state index in [9.17, 15) is 4.79 Å². The van der Waals surface area contributed by atoms with Crippen molar-refractivity contribution < 1.29 is 14.3 Å². The summed E-state index contributed by atoms with van der Waals surface area (Å²) in [5.41, 5.74) is 1.21. The predicted molar refractivity (Wildman–Crippen MR) is 113 cm³/mol. The fourth-order valence-corrected chi connectivity index (χ4v) is 4.69. The number of nitrogens with zero attached hydrogens (tertiary/aromatic N) is 2. The Morgan fingerprint density at radius 3 is 2.75 bits per heavy atom. The van der Waals surface area contributed by atoms with Crippen molar-refractivity contribution in [2.24, 2.45) is 0 Å². The Bertz CT molecular complexity index is 998. The summed E-state index contributed by atoms with van der Waals surface area (Å²) in [6, 6.07) is 10.5. The van der Waals surface area contributed by atoms with E-state index in [1.165, 1.54) is 11.3 Å². The third kappa shape index (κ3) is 4.10. The number of hydrogen-bond acceptors (Lipinski definition) is 5. The molecule has 0 saturated carbocycles. The average Bonchev–Trinajstić information content (AvgIpc) is 3.33. The molecule has 0 N–H and O–H groups in total. The third-order valence-corrected chi connectivity index (χ3v) is 6.08. The highest BCUT2D eigenvalue weighted by Gasteiger charge is 2.27. The highest BCUT2D eigenvalue weighted by Crippen LogP contribution is 2.33. The number of benzene rings is 2. The van der Waals surface area contributed by atoms with Gasteiger partial charge in [0.15, 0.2) is 5.13 Å². The van der Waals surface area contributed by atoms with E-state index < -0.39 is 0 Å². The second-order valence-electron chi connectivity index (χ2n) is 6.54. The van der Waals surface area contributed by atoms with E-state index in [0.717, 1.165) is 28.8 Å². The van der Waals surface area contributed by atoms with Crippen LogP contribution in [0.1, 0.15) is 23.2 Å². The number of aromatic nitrogens is 1. The van der Waals surface area contributed by atoms with Crippen LogP contribution in [0, 0.1) is 0 Å². The molecule has 4 rings (SSSR count). The summed E-state index contributed by atoms with van der Waals surface area (Å²) in [4.78, 5) is 19.7. The maximum Gasteiger partial charge on any atom is 0.260 e. The number of fused-ring (bicyclic) bond motifs is 1. The molecule has 1 aromatic heterocycles. The van der Waals surface area contributed by atoms with Crippen LogP contribution in [-0.4, -0.2) is 37.3 Å². The maximum absolute atomic E-state index is 13.3. The molecule has 1 unspecified atom stereocenters. The summed E-state index contributed by atoms with van der Waals surface area (Å²) in [5.74, 6) is 0.522. The second-order valence-corrected chi connectivity index (χ2v) is 8.42. The van der Waals surface area contributed by atoms with E-state index in [2.05, 4.69) is 4.98 Å². The molecule has 8 heteroatoms. The molecule has 0 aliphatic carbocycles. The van der Waals surface area contributed by atoms with Crippen molar-refractivity contribution in [2.45, 2.75) is 18.9 Å². The maximum atomic E-state index is 13.3. The van der Waals surface area contributed by atoms with Crippen LogP contribution < -0.4 is 9.64 Å². The fourth-order valence-electron chi connectivity index (χ4n) is 3.21. The predicted octanol–water partition coefficient (Wildman–Crippen LogP) is 5.44. The Morgan fingerprint density at radius 1 is 1.29 bits per heavy atom. The molecule has 0 radical (unpaired) electrons. The van der Waals surface area contributed by atoms with Gasteiger partial charge in [0.05, 0.1) is 30.0 Å². The molecular weight excluding hydrogens is 419 g/mol. The molecule has 5 nitrogen and oxygen atoms in total. The van der Waals surface area contributed by atoms with E-state index in [1.54, 1.807) is 30.2 Å². The van der Waals surface area contributed by atoms with Gasteiger partial charge in [-0.2, -0.15) is 0 Å². The Labute approximate surface area is 176 Å². The Morgan fingerprint density at radius 2 is 2.07 bits per heavy atom. The van der Waals surface area contributed by atoms with Gasteiger partial charge in [0.2, 0.25) is 0 Å². The monoisotopic (exact) mass is 436 g/mol. The lowest BCUT2D eigenvalue weighted by Gasteiger charge is -2.23. The molecule has 28 heavy (non-hydrogen) atoms. The van der Waals surface area contributed by atoms with Crippen molar-refractivity contribution in [2.75, 3.05) is 25.2 Å². The minimum absolute atomic E-state index is 0.0137. The number of rotatable bonds is 5. The van der Waals surface area contributed by atoms with Crippen molar-refractivity contribution >= 4 is 55.8 Å². The third-order valence-electron chi connectivity index (χ3n) is 4.58. The highest BCUT2D eigenvalue weighted by atomic mass is 35.5. The lowest BCUT2D eigenvalue weighted by Crippen LogP contribution is -2.37. The number of carbonyl (C=O) groups is 1. The van der Waals surface area contributed by atoms with Crippen LogP contribution in [0.3, 0.4) is 0 Å². The van der Waals surface area contributed by atoms with Crippen LogP contribution >= 0.6 is 34.5 Å². The SMILES string of the molecule is COc1ccc2sc(N(CC3CCCO3)C(=O)c3cc(Cl)cc(Cl)c3)nc2c1. The van der Waals surface area contributed by atoms with Crippen molar-refractivity contribution in [3.8, 4) is 5.75 Å². The average molecular weight is 437 g/mol. The molecule has 1 aliphatic rings. The van der Waals surface area contributed by atoms with Gasteiger partial charge >= 0.3 is 0 Å². The summed E-state index contributed by atoms with van der Waals surface area (Å²) in [5, 5.41) is 1.45. The van der Waals surface area contributed by atoms with Crippen LogP contribution in [0.2, 0.25) is 10.0 Å². The first kappa shape index (κ1) is 19.5. The second kappa shape index (κ2) is 8.25. The Kier molecular flexibility index (Phi) is 5.73. The number of methoxy groups -OCH3 is 1. The standard InChI is InChI=1S/C20H18Cl2N2O3S/c1-26-15-4-5-18-17(10-15)23-20(28-18)24(11-16-3-2-6-27-16)19(25)12-7-13(21)9-14(22)8-12/h4-5,7-10,16H,2-3,6,11H2,1H3. The van der Waals surface area contributed by atoms with Crippen molar-refractivity contribution in [1.82, 2.24) is 4.98 Å². The zero-order chi connectivity index (χ0) is 19.7. The van der Waals surface area contributed by atoms with Gasteiger partial charge in [-0.05, 0) is 43.2 Å². The summed E-state index contributed by atoms with van der Waals surface area (Å²) >= 11 is 13.7. The lowest BCUT2D eigenvalue weighted by atomic mass is 10.1. The van der Waals surface area contributed by atoms with Crippen molar-refractivity contribution in [1.29, 1.82) is 0 Å². The molecule has 2 heterocycles. The molecule has 1 fully saturated rings. The number of hydrogen-bond donors (Lipinski definition) is 0. The molecule has 146 valence electrons. The molecule has 1 atom stereocenters. The Balaban J connectivity index is 1.73. The summed E-state index contributed by atoms with van der Waals surface area (Å²) in [7, 11) is 1.62. The van der Waals surface area contributed by atoms with E-state index in [-0.39, 0.29) is 12.0 Å². The smallest absolute Gasteiger partial charge is 0.260 e. The van der Waals surface area contributed by atoms with Crippen LogP contribution in [0.5, 0.6) is 5.75 Å². The van der Waals surface area contributed by atoms with Gasteiger partial charge in [0.1, 0.15) is 5.75 Å². The number of halogens is 2. The summed E-state index contributed by atoms with van der Waals surface area (Å²) in [6.45, 7) is 1.15. The van der Waals surface area contributed by atoms with Crippen molar-refractivity contribution in [3.05, 3.63) is 52.0 Å². The van der Waals surface area contributed by atoms with E-state index in [0.29, 0.717) is 33.9 Å². The minimum Gasteiger partial charge on any atom is -0.497 e. The zero-order valence-corrected chi connectivity index (χ0v) is 17.5. The zero-order valence-electron chi connectivity index (χ0n) is 15.2. The fraction of sp³-hybridized carbons (Fsp3) is 0.300. The van der Waals surface area contributed by atoms with Crippen LogP contribution in [-0.2, 0) is 4.74 Å². The van der Waals surface area contributed by atoms with Gasteiger partial charge in [-0.25, -0.2) is 4.98 Å². The molecule has 2 aromatic carbocycles. The topological polar surface area (TPSA) is 51.7 Å². The van der Waals surface area contributed by atoms with E-state index in [4.69, 9.17) is 32.7 Å². The van der Waals surface area contributed by atoms with E-state index in [1.807, 2.05) is 18.2 Å². The number of anilines is 1. The van der Waals surface area contributed by atoms with Gasteiger partial charge in [-0.1, -0.05) is 34.5 Å². The number of ether oxygens (including phenoxy) is 2. The minimum atomic E-state index is -0.203. The number of carbonyl (C=O) groups excluding carboxylic acids is 1. The van der Waals surface area contributed by atoms with Gasteiger partial charge in [0.25, 0.3) is 5.91 Å². The first-order chi connectivity index (χ1) is 13.5. The normalized spacial score (nSPS) is 16.5. The molecule has 1 aliphatic heterocycles. The lowest BCUT2D eigenvalue weighted by molar-refractivity contribution is 0.0917. The van der Waals surface area contributed by atoms with Gasteiger partial charge in [-0.3, -0.25) is 9.69 Å². The first-order valence-corrected chi connectivity index (χ1v) is 10.4. The number of thiazole rings is 1. The van der Waals surface area contributed by atoms with Gasteiger partial charge in [0, 0.05) is 28.3 Å². The summed E-state index contributed by atoms with van der Waals surface area (Å²) < 4.78 is 12.0. The number of amides is 1. The molecule has 3 aromatic rings. The van der Waals surface area contributed by atoms with Crippen LogP contribution in [0.25, 0.3) is 10.2 Å². The van der Waals surface area contributed by atoms with Crippen LogP contribution in [0.15, 0.2) is 36.4 Å². The molecule has 1 amide bonds. The van der Waals surface area contributed by atoms with Crippen molar-refractivity contribution in [3.63, 3.8) is 0 Å². The van der Waals surface area contributed by atoms with Crippen LogP contribution in [0.4, 0.5) is 5.13 Å². The molecule has 1 saturated heterocycles. The first-order valence-electron chi connectivity index (χ1n) is 8.87. The molecular formula is C20H18Cl2N2O3S. The highest BCUT2D eigenvalue weighted by molar-refractivity contribution is 7.22. The largest absolute Gasteiger partial charge is 0.497 e. The Hall–Kier alpha value is -1.86. The molecule has 0 spiro atoms. The quantitative estimate of drug-likeness (QED) is 0.534. The summed E-state index contributed by atoms with van der Waals surface area (Å²) in [6.07, 6.45) is 1.89.